The van der Waals surface area contributed by atoms with E-state index in [0.29, 0.717) is 40.3 Å². The number of hydrogen-bond acceptors (Lipinski definition) is 3. The van der Waals surface area contributed by atoms with E-state index < -0.39 is 0 Å². The van der Waals surface area contributed by atoms with Crippen LogP contribution in [0.2, 0.25) is 0 Å². The van der Waals surface area contributed by atoms with Crippen LogP contribution in [0.25, 0.3) is 21.8 Å². The van der Waals surface area contributed by atoms with Crippen LogP contribution >= 0.6 is 0 Å². The molecular weight excluding hydrogens is 436 g/mol. The number of carbonyl (C=O) groups is 1. The van der Waals surface area contributed by atoms with Gasteiger partial charge in [0.1, 0.15) is 11.9 Å². The average molecular weight is 463 g/mol. The first-order valence-electron chi connectivity index (χ1n) is 11.7. The first-order chi connectivity index (χ1) is 17.1. The van der Waals surface area contributed by atoms with Crippen molar-refractivity contribution in [3.05, 3.63) is 124 Å². The molecule has 1 amide bonds. The fraction of sp³-hybridized carbons (Fsp3) is 0.133. The Labute approximate surface area is 203 Å². The molecule has 0 aliphatic rings. The van der Waals surface area contributed by atoms with Crippen molar-refractivity contribution >= 4 is 27.7 Å². The van der Waals surface area contributed by atoms with Crippen LogP contribution in [0.1, 0.15) is 34.0 Å². The molecule has 0 radical (unpaired) electrons. The second-order valence-corrected chi connectivity index (χ2v) is 8.56. The molecule has 0 aliphatic heterocycles. The molecule has 5 aromatic rings. The molecule has 0 fully saturated rings. The lowest BCUT2D eigenvalue weighted by atomic mass is 10.0. The summed E-state index contributed by atoms with van der Waals surface area (Å²) in [7, 11) is 0. The molecule has 4 aromatic carbocycles. The molecule has 5 heteroatoms. The van der Waals surface area contributed by atoms with Gasteiger partial charge < -0.3 is 15.0 Å². The van der Waals surface area contributed by atoms with Crippen molar-refractivity contribution in [3.8, 4) is 5.75 Å². The highest BCUT2D eigenvalue weighted by atomic mass is 16.5. The number of para-hydroxylation sites is 3. The quantitative estimate of drug-likeness (QED) is 0.295. The van der Waals surface area contributed by atoms with Crippen LogP contribution < -0.4 is 15.5 Å². The zero-order valence-corrected chi connectivity index (χ0v) is 19.5. The number of aryl methyl sites for hydroxylation is 1. The molecule has 0 aliphatic carbocycles. The second-order valence-electron chi connectivity index (χ2n) is 8.56. The Morgan fingerprint density at radius 2 is 1.57 bits per heavy atom. The first-order valence-corrected chi connectivity index (χ1v) is 11.7. The van der Waals surface area contributed by atoms with E-state index in [-0.39, 0.29) is 17.4 Å². The lowest BCUT2D eigenvalue weighted by Crippen LogP contribution is -2.27. The number of fused-ring (bicyclic) bond motifs is 2. The number of H-pyrrole nitrogens is 1. The summed E-state index contributed by atoms with van der Waals surface area (Å²) in [5, 5.41) is 4.13. The van der Waals surface area contributed by atoms with Gasteiger partial charge in [-0.15, -0.1) is 0 Å². The minimum absolute atomic E-state index is 0.0835. The molecule has 0 spiro atoms. The summed E-state index contributed by atoms with van der Waals surface area (Å²) in [5.41, 5.74) is 3.72. The molecule has 5 rings (SSSR count). The first kappa shape index (κ1) is 22.4. The van der Waals surface area contributed by atoms with Crippen molar-refractivity contribution in [2.24, 2.45) is 0 Å². The molecule has 0 saturated carbocycles. The summed E-state index contributed by atoms with van der Waals surface area (Å²) >= 11 is 0. The largest absolute Gasteiger partial charge is 0.485 e. The normalized spacial score (nSPS) is 11.9. The van der Waals surface area contributed by atoms with E-state index in [1.807, 2.05) is 79.7 Å². The SMILES string of the molecule is Cc1ccccc1OC(CCNC(=O)c1cccc2c(=O)c3ccccc3[nH]c12)c1ccccc1. The Balaban J connectivity index is 1.37. The van der Waals surface area contributed by atoms with Crippen LogP contribution in [0.15, 0.2) is 102 Å². The van der Waals surface area contributed by atoms with Gasteiger partial charge in [0.25, 0.3) is 5.91 Å². The lowest BCUT2D eigenvalue weighted by molar-refractivity contribution is 0.0947. The molecule has 1 heterocycles. The maximum Gasteiger partial charge on any atom is 0.253 e. The van der Waals surface area contributed by atoms with Crippen LogP contribution in [0.4, 0.5) is 0 Å². The van der Waals surface area contributed by atoms with Gasteiger partial charge in [0.15, 0.2) is 5.43 Å². The molecule has 1 unspecified atom stereocenters. The Bertz CT molecular complexity index is 1560. The lowest BCUT2D eigenvalue weighted by Gasteiger charge is -2.21. The maximum atomic E-state index is 13.2. The van der Waals surface area contributed by atoms with Gasteiger partial charge in [-0.2, -0.15) is 0 Å². The Kier molecular flexibility index (Phi) is 6.31. The number of aromatic amines is 1. The Morgan fingerprint density at radius 1 is 0.857 bits per heavy atom. The summed E-state index contributed by atoms with van der Waals surface area (Å²) in [6.07, 6.45) is 0.378. The summed E-state index contributed by atoms with van der Waals surface area (Å²) in [6.45, 7) is 2.43. The zero-order chi connectivity index (χ0) is 24.2. The predicted octanol–water partition coefficient (Wildman–Crippen LogP) is 5.93. The van der Waals surface area contributed by atoms with Gasteiger partial charge in [-0.3, -0.25) is 9.59 Å². The van der Waals surface area contributed by atoms with Crippen LogP contribution in [0.3, 0.4) is 0 Å². The second kappa shape index (κ2) is 9.85. The van der Waals surface area contributed by atoms with Crippen LogP contribution in [0, 0.1) is 6.92 Å². The van der Waals surface area contributed by atoms with Gasteiger partial charge in [0.05, 0.1) is 11.1 Å². The monoisotopic (exact) mass is 462 g/mol. The molecule has 35 heavy (non-hydrogen) atoms. The van der Waals surface area contributed by atoms with Crippen molar-refractivity contribution in [1.82, 2.24) is 10.3 Å². The molecule has 1 aromatic heterocycles. The van der Waals surface area contributed by atoms with E-state index >= 15 is 0 Å². The van der Waals surface area contributed by atoms with E-state index in [4.69, 9.17) is 4.74 Å². The smallest absolute Gasteiger partial charge is 0.253 e. The number of hydrogen-bond donors (Lipinski definition) is 2. The molecule has 2 N–H and O–H groups in total. The number of amides is 1. The van der Waals surface area contributed by atoms with Gasteiger partial charge >= 0.3 is 0 Å². The van der Waals surface area contributed by atoms with E-state index in [2.05, 4.69) is 10.3 Å². The average Bonchev–Trinajstić information content (AvgIpc) is 2.89. The van der Waals surface area contributed by atoms with Gasteiger partial charge in [0.2, 0.25) is 0 Å². The summed E-state index contributed by atoms with van der Waals surface area (Å²) in [5.74, 6) is 0.593. The van der Waals surface area contributed by atoms with E-state index in [1.165, 1.54) is 0 Å². The third-order valence-corrected chi connectivity index (χ3v) is 6.21. The van der Waals surface area contributed by atoms with E-state index in [9.17, 15) is 9.59 Å². The highest BCUT2D eigenvalue weighted by Crippen LogP contribution is 2.27. The van der Waals surface area contributed by atoms with Gasteiger partial charge in [0, 0.05) is 29.3 Å². The van der Waals surface area contributed by atoms with Gasteiger partial charge in [-0.25, -0.2) is 0 Å². The molecule has 174 valence electrons. The summed E-state index contributed by atoms with van der Waals surface area (Å²) in [4.78, 5) is 29.4. The molecule has 1 atom stereocenters. The van der Waals surface area contributed by atoms with E-state index in [1.54, 1.807) is 24.3 Å². The summed E-state index contributed by atoms with van der Waals surface area (Å²) in [6, 6.07) is 30.5. The standard InChI is InChI=1S/C30H26N2O3/c1-20-10-5-8-17-26(20)35-27(21-11-3-2-4-12-21)18-19-31-30(34)24-15-9-14-23-28(24)32-25-16-7-6-13-22(25)29(23)33/h2-17,27H,18-19H2,1H3,(H,31,34)(H,32,33). The predicted molar refractivity (Wildman–Crippen MR) is 140 cm³/mol. The maximum absolute atomic E-state index is 13.2. The highest BCUT2D eigenvalue weighted by molar-refractivity contribution is 6.07. The van der Waals surface area contributed by atoms with E-state index in [0.717, 1.165) is 16.9 Å². The highest BCUT2D eigenvalue weighted by Gasteiger charge is 2.17. The molecular formula is C30H26N2O3. The topological polar surface area (TPSA) is 71.2 Å². The third-order valence-electron chi connectivity index (χ3n) is 6.21. The van der Waals surface area contributed by atoms with Crippen LogP contribution in [-0.4, -0.2) is 17.4 Å². The fourth-order valence-corrected chi connectivity index (χ4v) is 4.35. The fourth-order valence-electron chi connectivity index (χ4n) is 4.35. The number of carbonyl (C=O) groups excluding carboxylic acids is 1. The molecule has 0 saturated heterocycles. The van der Waals surface area contributed by atoms with Crippen molar-refractivity contribution in [2.75, 3.05) is 6.54 Å². The van der Waals surface area contributed by atoms with Crippen molar-refractivity contribution in [3.63, 3.8) is 0 Å². The van der Waals surface area contributed by atoms with Crippen molar-refractivity contribution < 1.29 is 9.53 Å². The van der Waals surface area contributed by atoms with Crippen LogP contribution in [0.5, 0.6) is 5.75 Å². The van der Waals surface area contributed by atoms with Crippen molar-refractivity contribution in [1.29, 1.82) is 0 Å². The number of pyridine rings is 1. The number of nitrogens with one attached hydrogen (secondary N) is 2. The Morgan fingerprint density at radius 3 is 2.40 bits per heavy atom. The number of benzene rings is 4. The number of ether oxygens (including phenoxy) is 1. The third kappa shape index (κ3) is 4.66. The summed E-state index contributed by atoms with van der Waals surface area (Å²) < 4.78 is 6.35. The molecule has 0 bridgehead atoms. The Hall–Kier alpha value is -4.38. The van der Waals surface area contributed by atoms with Crippen molar-refractivity contribution in [2.45, 2.75) is 19.4 Å². The molecule has 5 nitrogen and oxygen atoms in total. The van der Waals surface area contributed by atoms with Gasteiger partial charge in [-0.1, -0.05) is 66.7 Å². The van der Waals surface area contributed by atoms with Crippen LogP contribution in [-0.2, 0) is 0 Å². The zero-order valence-electron chi connectivity index (χ0n) is 19.5. The number of aromatic nitrogens is 1. The minimum atomic E-state index is -0.232. The minimum Gasteiger partial charge on any atom is -0.485 e. The number of rotatable bonds is 7. The van der Waals surface area contributed by atoms with Gasteiger partial charge in [-0.05, 0) is 48.4 Å².